The van der Waals surface area contributed by atoms with Crippen molar-refractivity contribution >= 4 is 12.6 Å². The summed E-state index contributed by atoms with van der Waals surface area (Å²) in [5.41, 5.74) is 0. The van der Waals surface area contributed by atoms with Gasteiger partial charge in [0.05, 0.1) is 0 Å². The van der Waals surface area contributed by atoms with Gasteiger partial charge >= 0.3 is 0 Å². The Balaban J connectivity index is 2.76. The highest BCUT2D eigenvalue weighted by molar-refractivity contribution is 7.80. The van der Waals surface area contributed by atoms with Crippen molar-refractivity contribution in [3.8, 4) is 0 Å². The molecule has 0 N–H and O–H groups in total. The number of hydrogen-bond acceptors (Lipinski definition) is 2. The Morgan fingerprint density at radius 2 is 1.46 bits per heavy atom. The fraction of sp³-hybridized carbons (Fsp3) is 1.00. The number of thiol groups is 1. The van der Waals surface area contributed by atoms with E-state index in [-0.39, 0.29) is 0 Å². The zero-order chi connectivity index (χ0) is 9.78. The standard InChI is InChI=1S/C11H24OS/c1-2-3-4-5-6-9-12-10-7-8-11-13/h13H,2-11H2,1H3. The molecule has 0 spiro atoms. The first kappa shape index (κ1) is 13.3. The Morgan fingerprint density at radius 3 is 2.08 bits per heavy atom. The van der Waals surface area contributed by atoms with Gasteiger partial charge < -0.3 is 4.74 Å². The van der Waals surface area contributed by atoms with Crippen LogP contribution in [0.4, 0.5) is 0 Å². The van der Waals surface area contributed by atoms with E-state index in [4.69, 9.17) is 4.74 Å². The van der Waals surface area contributed by atoms with E-state index in [0.29, 0.717) is 0 Å². The monoisotopic (exact) mass is 204 g/mol. The topological polar surface area (TPSA) is 9.23 Å². The van der Waals surface area contributed by atoms with Gasteiger partial charge in [0, 0.05) is 13.2 Å². The molecule has 0 atom stereocenters. The first-order chi connectivity index (χ1) is 6.41. The maximum atomic E-state index is 5.48. The Bertz CT molecular complexity index is 76.2. The van der Waals surface area contributed by atoms with E-state index in [1.54, 1.807) is 0 Å². The van der Waals surface area contributed by atoms with Gasteiger partial charge in [-0.1, -0.05) is 32.6 Å². The van der Waals surface area contributed by atoms with E-state index >= 15 is 0 Å². The molecule has 1 nitrogen and oxygen atoms in total. The van der Waals surface area contributed by atoms with Crippen LogP contribution < -0.4 is 0 Å². The van der Waals surface area contributed by atoms with Crippen LogP contribution in [-0.2, 0) is 4.74 Å². The van der Waals surface area contributed by atoms with Crippen LogP contribution >= 0.6 is 12.6 Å². The normalized spacial score (nSPS) is 10.6. The third-order valence-corrected chi connectivity index (χ3v) is 2.41. The molecule has 0 aromatic heterocycles. The lowest BCUT2D eigenvalue weighted by atomic mass is 10.2. The van der Waals surface area contributed by atoms with E-state index < -0.39 is 0 Å². The molecular formula is C11H24OS. The summed E-state index contributed by atoms with van der Waals surface area (Å²) in [7, 11) is 0. The predicted octanol–water partition coefficient (Wildman–Crippen LogP) is 3.68. The van der Waals surface area contributed by atoms with Gasteiger partial charge in [-0.25, -0.2) is 0 Å². The minimum atomic E-state index is 0.925. The highest BCUT2D eigenvalue weighted by atomic mass is 32.1. The minimum Gasteiger partial charge on any atom is -0.381 e. The third kappa shape index (κ3) is 12.3. The van der Waals surface area contributed by atoms with Gasteiger partial charge in [-0.15, -0.1) is 0 Å². The van der Waals surface area contributed by atoms with Crippen molar-refractivity contribution in [1.82, 2.24) is 0 Å². The van der Waals surface area contributed by atoms with Crippen LogP contribution in [0.1, 0.15) is 51.9 Å². The molecule has 80 valence electrons. The average molecular weight is 204 g/mol. The van der Waals surface area contributed by atoms with Crippen molar-refractivity contribution in [2.45, 2.75) is 51.9 Å². The molecule has 0 aliphatic heterocycles. The Kier molecular flexibility index (Phi) is 12.6. The number of ether oxygens (including phenoxy) is 1. The molecule has 0 rings (SSSR count). The third-order valence-electron chi connectivity index (χ3n) is 2.09. The predicted molar refractivity (Wildman–Crippen MR) is 62.7 cm³/mol. The van der Waals surface area contributed by atoms with Gasteiger partial charge in [0.25, 0.3) is 0 Å². The summed E-state index contributed by atoms with van der Waals surface area (Å²) < 4.78 is 5.48. The fourth-order valence-corrected chi connectivity index (χ4v) is 1.45. The fourth-order valence-electron chi connectivity index (χ4n) is 1.23. The van der Waals surface area contributed by atoms with Crippen LogP contribution in [0.3, 0.4) is 0 Å². The van der Waals surface area contributed by atoms with Crippen LogP contribution in [0.2, 0.25) is 0 Å². The smallest absolute Gasteiger partial charge is 0.0466 e. The summed E-state index contributed by atoms with van der Waals surface area (Å²) in [6, 6.07) is 0. The second-order valence-electron chi connectivity index (χ2n) is 3.46. The van der Waals surface area contributed by atoms with Gasteiger partial charge in [0.1, 0.15) is 0 Å². The molecule has 13 heavy (non-hydrogen) atoms. The number of rotatable bonds is 10. The van der Waals surface area contributed by atoms with Crippen LogP contribution in [0.25, 0.3) is 0 Å². The summed E-state index contributed by atoms with van der Waals surface area (Å²) >= 11 is 4.15. The van der Waals surface area contributed by atoms with Crippen LogP contribution in [0, 0.1) is 0 Å². The largest absolute Gasteiger partial charge is 0.381 e. The second kappa shape index (κ2) is 12.3. The van der Waals surface area contributed by atoms with Gasteiger partial charge in [0.2, 0.25) is 0 Å². The summed E-state index contributed by atoms with van der Waals surface area (Å²) in [5.74, 6) is 0.986. The average Bonchev–Trinajstić information content (AvgIpc) is 2.16. The zero-order valence-corrected chi connectivity index (χ0v) is 9.82. The van der Waals surface area contributed by atoms with Gasteiger partial charge in [-0.3, -0.25) is 0 Å². The summed E-state index contributed by atoms with van der Waals surface area (Å²) in [6.07, 6.45) is 8.98. The highest BCUT2D eigenvalue weighted by Gasteiger charge is 1.90. The molecule has 0 saturated carbocycles. The van der Waals surface area contributed by atoms with Crippen molar-refractivity contribution in [1.29, 1.82) is 0 Å². The summed E-state index contributed by atoms with van der Waals surface area (Å²) in [5, 5.41) is 0. The van der Waals surface area contributed by atoms with E-state index in [9.17, 15) is 0 Å². The molecule has 2 heteroatoms. The van der Waals surface area contributed by atoms with Crippen molar-refractivity contribution < 1.29 is 4.74 Å². The van der Waals surface area contributed by atoms with Crippen molar-refractivity contribution in [2.75, 3.05) is 19.0 Å². The van der Waals surface area contributed by atoms with Crippen molar-refractivity contribution in [2.24, 2.45) is 0 Å². The molecule has 0 aromatic carbocycles. The van der Waals surface area contributed by atoms with E-state index in [0.717, 1.165) is 19.0 Å². The summed E-state index contributed by atoms with van der Waals surface area (Å²) in [6.45, 7) is 4.12. The first-order valence-corrected chi connectivity index (χ1v) is 6.23. The molecule has 0 heterocycles. The van der Waals surface area contributed by atoms with Gasteiger partial charge in [-0.2, -0.15) is 12.6 Å². The lowest BCUT2D eigenvalue weighted by molar-refractivity contribution is 0.127. The zero-order valence-electron chi connectivity index (χ0n) is 8.93. The number of unbranched alkanes of at least 4 members (excludes halogenated alkanes) is 5. The van der Waals surface area contributed by atoms with Crippen LogP contribution in [0.5, 0.6) is 0 Å². The molecule has 0 amide bonds. The highest BCUT2D eigenvalue weighted by Crippen LogP contribution is 2.02. The SMILES string of the molecule is CCCCCCCOCCCCS. The molecule has 0 aromatic rings. The molecule has 0 aliphatic rings. The Labute approximate surface area is 88.7 Å². The Hall–Kier alpha value is 0.310. The molecule has 0 saturated heterocycles. The maximum Gasteiger partial charge on any atom is 0.0466 e. The minimum absolute atomic E-state index is 0.925. The Morgan fingerprint density at radius 1 is 0.846 bits per heavy atom. The number of hydrogen-bond donors (Lipinski definition) is 1. The van der Waals surface area contributed by atoms with E-state index in [1.165, 1.54) is 44.9 Å². The second-order valence-corrected chi connectivity index (χ2v) is 3.90. The lowest BCUT2D eigenvalue weighted by Gasteiger charge is -2.02. The van der Waals surface area contributed by atoms with Crippen LogP contribution in [-0.4, -0.2) is 19.0 Å². The molecule has 0 unspecified atom stereocenters. The van der Waals surface area contributed by atoms with E-state index in [2.05, 4.69) is 19.6 Å². The molecule has 0 aliphatic carbocycles. The first-order valence-electron chi connectivity index (χ1n) is 5.60. The van der Waals surface area contributed by atoms with Crippen molar-refractivity contribution in [3.63, 3.8) is 0 Å². The maximum absolute atomic E-state index is 5.48. The van der Waals surface area contributed by atoms with Gasteiger partial charge in [-0.05, 0) is 25.0 Å². The molecular weight excluding hydrogens is 180 g/mol. The molecule has 0 bridgehead atoms. The van der Waals surface area contributed by atoms with Gasteiger partial charge in [0.15, 0.2) is 0 Å². The quantitative estimate of drug-likeness (QED) is 0.422. The van der Waals surface area contributed by atoms with Crippen molar-refractivity contribution in [3.05, 3.63) is 0 Å². The molecule has 0 radical (unpaired) electrons. The lowest BCUT2D eigenvalue weighted by Crippen LogP contribution is -1.97. The summed E-state index contributed by atoms with van der Waals surface area (Å²) in [4.78, 5) is 0. The van der Waals surface area contributed by atoms with E-state index in [1.807, 2.05) is 0 Å². The van der Waals surface area contributed by atoms with Crippen LogP contribution in [0.15, 0.2) is 0 Å². The molecule has 0 fully saturated rings.